The zero-order valence-electron chi connectivity index (χ0n) is 10.2. The van der Waals surface area contributed by atoms with E-state index in [9.17, 15) is 5.11 Å². The third kappa shape index (κ3) is 3.80. The molecule has 0 spiro atoms. The van der Waals surface area contributed by atoms with Gasteiger partial charge in [0.1, 0.15) is 0 Å². The van der Waals surface area contributed by atoms with Crippen LogP contribution in [0.25, 0.3) is 5.57 Å². The molecule has 1 aromatic rings. The highest BCUT2D eigenvalue weighted by molar-refractivity contribution is 5.64. The number of aryl methyl sites for hydroxylation is 1. The minimum absolute atomic E-state index is 0.824. The zero-order chi connectivity index (χ0) is 12.0. The molecule has 0 fully saturated rings. The average molecular weight is 220 g/mol. The second-order valence-corrected chi connectivity index (χ2v) is 3.92. The maximum absolute atomic E-state index is 9.33. The van der Waals surface area contributed by atoms with Crippen LogP contribution in [0.3, 0.4) is 0 Å². The van der Waals surface area contributed by atoms with Crippen molar-refractivity contribution in [3.05, 3.63) is 41.5 Å². The summed E-state index contributed by atoms with van der Waals surface area (Å²) in [5, 5.41) is 9.33. The van der Waals surface area contributed by atoms with Crippen LogP contribution in [0, 0.1) is 0 Å². The molecule has 0 heterocycles. The summed E-state index contributed by atoms with van der Waals surface area (Å²) in [5.41, 5.74) is 3.50. The Morgan fingerprint density at radius 2 is 2.00 bits per heavy atom. The van der Waals surface area contributed by atoms with Crippen molar-refractivity contribution >= 4 is 5.57 Å². The van der Waals surface area contributed by atoms with Crippen molar-refractivity contribution in [3.63, 3.8) is 0 Å². The van der Waals surface area contributed by atoms with Crippen molar-refractivity contribution in [1.29, 1.82) is 0 Å². The molecule has 1 atom stereocenters. The van der Waals surface area contributed by atoms with Gasteiger partial charge in [0, 0.05) is 7.11 Å². The molecule has 0 radical (unpaired) electrons. The van der Waals surface area contributed by atoms with E-state index in [-0.39, 0.29) is 0 Å². The van der Waals surface area contributed by atoms with E-state index in [2.05, 4.69) is 31.2 Å². The second-order valence-electron chi connectivity index (χ2n) is 3.92. The number of aliphatic hydroxyl groups is 1. The van der Waals surface area contributed by atoms with Gasteiger partial charge in [0.05, 0.1) is 0 Å². The fourth-order valence-corrected chi connectivity index (χ4v) is 1.60. The van der Waals surface area contributed by atoms with Gasteiger partial charge < -0.3 is 9.84 Å². The van der Waals surface area contributed by atoms with Crippen molar-refractivity contribution in [2.24, 2.45) is 0 Å². The van der Waals surface area contributed by atoms with Crippen LogP contribution in [0.15, 0.2) is 30.3 Å². The molecular formula is C14H20O2. The quantitative estimate of drug-likeness (QED) is 0.773. The molecule has 0 saturated carbocycles. The van der Waals surface area contributed by atoms with Crippen LogP contribution in [0.4, 0.5) is 0 Å². The molecule has 1 N–H and O–H groups in total. The number of rotatable bonds is 5. The van der Waals surface area contributed by atoms with Gasteiger partial charge in [0.2, 0.25) is 0 Å². The lowest BCUT2D eigenvalue weighted by Crippen LogP contribution is -2.04. The molecule has 0 aliphatic heterocycles. The van der Waals surface area contributed by atoms with Gasteiger partial charge in [-0.3, -0.25) is 0 Å². The maximum Gasteiger partial charge on any atom is 0.174 e. The molecule has 88 valence electrons. The SMILES string of the molecule is CCCc1ccc(/C(C)=C/C(O)OC)cc1. The molecular weight excluding hydrogens is 200 g/mol. The molecule has 0 bridgehead atoms. The van der Waals surface area contributed by atoms with Gasteiger partial charge in [-0.05, 0) is 36.1 Å². The van der Waals surface area contributed by atoms with Crippen molar-refractivity contribution in [2.45, 2.75) is 33.0 Å². The van der Waals surface area contributed by atoms with E-state index in [0.717, 1.165) is 24.0 Å². The summed E-state index contributed by atoms with van der Waals surface area (Å²) in [6.45, 7) is 4.14. The first-order valence-electron chi connectivity index (χ1n) is 5.66. The molecule has 0 aliphatic rings. The highest BCUT2D eigenvalue weighted by Crippen LogP contribution is 2.16. The minimum atomic E-state index is -0.824. The minimum Gasteiger partial charge on any atom is -0.365 e. The van der Waals surface area contributed by atoms with E-state index < -0.39 is 6.29 Å². The first kappa shape index (κ1) is 12.9. The number of hydrogen-bond acceptors (Lipinski definition) is 2. The predicted molar refractivity (Wildman–Crippen MR) is 67.1 cm³/mol. The van der Waals surface area contributed by atoms with E-state index in [0.29, 0.717) is 0 Å². The lowest BCUT2D eigenvalue weighted by molar-refractivity contribution is -0.0353. The third-order valence-electron chi connectivity index (χ3n) is 2.58. The van der Waals surface area contributed by atoms with E-state index in [4.69, 9.17) is 4.74 Å². The van der Waals surface area contributed by atoms with Crippen molar-refractivity contribution in [3.8, 4) is 0 Å². The Bertz CT molecular complexity index is 338. The van der Waals surface area contributed by atoms with Gasteiger partial charge in [0.15, 0.2) is 6.29 Å². The summed E-state index contributed by atoms with van der Waals surface area (Å²) in [4.78, 5) is 0. The third-order valence-corrected chi connectivity index (χ3v) is 2.58. The van der Waals surface area contributed by atoms with E-state index in [1.54, 1.807) is 6.08 Å². The van der Waals surface area contributed by atoms with Crippen molar-refractivity contribution < 1.29 is 9.84 Å². The topological polar surface area (TPSA) is 29.5 Å². The lowest BCUT2D eigenvalue weighted by Gasteiger charge is -2.07. The van der Waals surface area contributed by atoms with E-state index in [1.807, 2.05) is 6.92 Å². The van der Waals surface area contributed by atoms with Crippen LogP contribution in [0.2, 0.25) is 0 Å². The van der Waals surface area contributed by atoms with Gasteiger partial charge >= 0.3 is 0 Å². The van der Waals surface area contributed by atoms with Crippen LogP contribution >= 0.6 is 0 Å². The molecule has 1 rings (SSSR count). The van der Waals surface area contributed by atoms with Crippen molar-refractivity contribution in [1.82, 2.24) is 0 Å². The van der Waals surface area contributed by atoms with Crippen LogP contribution < -0.4 is 0 Å². The largest absolute Gasteiger partial charge is 0.365 e. The zero-order valence-corrected chi connectivity index (χ0v) is 10.2. The van der Waals surface area contributed by atoms with Gasteiger partial charge in [0.25, 0.3) is 0 Å². The second kappa shape index (κ2) is 6.46. The van der Waals surface area contributed by atoms with Crippen LogP contribution in [0.5, 0.6) is 0 Å². The Morgan fingerprint density at radius 3 is 2.50 bits per heavy atom. The summed E-state index contributed by atoms with van der Waals surface area (Å²) < 4.78 is 4.78. The number of allylic oxidation sites excluding steroid dienone is 1. The summed E-state index contributed by atoms with van der Waals surface area (Å²) >= 11 is 0. The Labute approximate surface area is 97.6 Å². The molecule has 0 amide bonds. The highest BCUT2D eigenvalue weighted by Gasteiger charge is 2.00. The molecule has 0 saturated heterocycles. The highest BCUT2D eigenvalue weighted by atomic mass is 16.6. The van der Waals surface area contributed by atoms with Crippen LogP contribution in [0.1, 0.15) is 31.4 Å². The van der Waals surface area contributed by atoms with Crippen molar-refractivity contribution in [2.75, 3.05) is 7.11 Å². The van der Waals surface area contributed by atoms with Gasteiger partial charge in [-0.15, -0.1) is 0 Å². The number of hydrogen-bond donors (Lipinski definition) is 1. The predicted octanol–water partition coefficient (Wildman–Crippen LogP) is 3.01. The summed E-state index contributed by atoms with van der Waals surface area (Å²) in [7, 11) is 1.48. The fourth-order valence-electron chi connectivity index (χ4n) is 1.60. The smallest absolute Gasteiger partial charge is 0.174 e. The summed E-state index contributed by atoms with van der Waals surface area (Å²) in [5.74, 6) is 0. The Kier molecular flexibility index (Phi) is 5.23. The Morgan fingerprint density at radius 1 is 1.38 bits per heavy atom. The first-order valence-corrected chi connectivity index (χ1v) is 5.66. The molecule has 0 aliphatic carbocycles. The Hall–Kier alpha value is -1.12. The fraction of sp³-hybridized carbons (Fsp3) is 0.429. The van der Waals surface area contributed by atoms with E-state index in [1.165, 1.54) is 12.7 Å². The molecule has 2 heteroatoms. The molecule has 0 aromatic heterocycles. The van der Waals surface area contributed by atoms with Crippen LogP contribution in [-0.4, -0.2) is 18.5 Å². The molecule has 1 unspecified atom stereocenters. The van der Waals surface area contributed by atoms with Gasteiger partial charge in [-0.1, -0.05) is 37.6 Å². The lowest BCUT2D eigenvalue weighted by atomic mass is 10.0. The monoisotopic (exact) mass is 220 g/mol. The van der Waals surface area contributed by atoms with Crippen LogP contribution in [-0.2, 0) is 11.2 Å². The summed E-state index contributed by atoms with van der Waals surface area (Å²) in [6, 6.07) is 8.43. The molecule has 1 aromatic carbocycles. The summed E-state index contributed by atoms with van der Waals surface area (Å²) in [6.07, 6.45) is 3.16. The number of aliphatic hydroxyl groups excluding tert-OH is 1. The molecule has 16 heavy (non-hydrogen) atoms. The number of ether oxygens (including phenoxy) is 1. The molecule has 2 nitrogen and oxygen atoms in total. The first-order chi connectivity index (χ1) is 7.67. The normalized spacial score (nSPS) is 13.9. The average Bonchev–Trinajstić information content (AvgIpc) is 2.30. The maximum atomic E-state index is 9.33. The standard InChI is InChI=1S/C14H20O2/c1-4-5-12-6-8-13(9-7-12)11(2)10-14(15)16-3/h6-10,14-15H,4-5H2,1-3H3/b11-10+. The Balaban J connectivity index is 2.77. The number of methoxy groups -OCH3 is 1. The van der Waals surface area contributed by atoms with Gasteiger partial charge in [-0.25, -0.2) is 0 Å². The van der Waals surface area contributed by atoms with E-state index >= 15 is 0 Å². The van der Waals surface area contributed by atoms with Gasteiger partial charge in [-0.2, -0.15) is 0 Å². The number of benzene rings is 1.